The minimum absolute atomic E-state index is 0.0216. The van der Waals surface area contributed by atoms with Crippen molar-refractivity contribution in [3.05, 3.63) is 46.9 Å². The molecule has 1 heterocycles. The van der Waals surface area contributed by atoms with Crippen LogP contribution in [0.3, 0.4) is 0 Å². The first-order valence-corrected chi connectivity index (χ1v) is 5.48. The number of benzene rings is 1. The number of phenols is 1. The molecular formula is C12H8ClNO5. The number of carbonyl (C=O) groups excluding carboxylic acids is 1. The molecule has 0 aliphatic heterocycles. The van der Waals surface area contributed by atoms with Crippen LogP contribution in [0.15, 0.2) is 34.7 Å². The molecule has 7 heteroatoms. The van der Waals surface area contributed by atoms with Crippen molar-refractivity contribution < 1.29 is 24.2 Å². The predicted molar refractivity (Wildman–Crippen MR) is 66.7 cm³/mol. The summed E-state index contributed by atoms with van der Waals surface area (Å²) in [5, 5.41) is 20.8. The fourth-order valence-corrected chi connectivity index (χ4v) is 1.54. The molecule has 2 aromatic rings. The second kappa shape index (κ2) is 5.03. The number of carbonyl (C=O) groups is 2. The highest BCUT2D eigenvalue weighted by atomic mass is 35.5. The number of phenolic OH excluding ortho intramolecular Hbond substituents is 1. The van der Waals surface area contributed by atoms with Crippen LogP contribution in [0.4, 0.5) is 5.69 Å². The van der Waals surface area contributed by atoms with Crippen LogP contribution >= 0.6 is 11.6 Å². The summed E-state index contributed by atoms with van der Waals surface area (Å²) in [6.07, 6.45) is 0. The maximum absolute atomic E-state index is 11.7. The van der Waals surface area contributed by atoms with E-state index in [1.165, 1.54) is 24.3 Å². The molecule has 0 aliphatic carbocycles. The molecule has 0 spiro atoms. The van der Waals surface area contributed by atoms with Crippen LogP contribution in [0.5, 0.6) is 5.75 Å². The molecule has 0 fully saturated rings. The second-order valence-corrected chi connectivity index (χ2v) is 3.97. The van der Waals surface area contributed by atoms with Crippen molar-refractivity contribution >= 4 is 29.2 Å². The van der Waals surface area contributed by atoms with Crippen molar-refractivity contribution in [3.63, 3.8) is 0 Å². The number of aromatic carboxylic acids is 1. The average Bonchev–Trinajstić information content (AvgIpc) is 2.78. The molecule has 98 valence electrons. The number of carboxylic acid groups (broad SMARTS) is 1. The third kappa shape index (κ3) is 2.86. The lowest BCUT2D eigenvalue weighted by Crippen LogP contribution is -2.11. The van der Waals surface area contributed by atoms with E-state index in [1.54, 1.807) is 0 Å². The quantitative estimate of drug-likeness (QED) is 0.751. The first kappa shape index (κ1) is 13.0. The van der Waals surface area contributed by atoms with E-state index in [9.17, 15) is 14.7 Å². The number of anilines is 1. The Morgan fingerprint density at radius 2 is 1.95 bits per heavy atom. The van der Waals surface area contributed by atoms with Crippen LogP contribution in [0.25, 0.3) is 0 Å². The summed E-state index contributed by atoms with van der Waals surface area (Å²) in [6, 6.07) is 6.35. The molecule has 0 atom stereocenters. The molecule has 6 nitrogen and oxygen atoms in total. The van der Waals surface area contributed by atoms with Crippen LogP contribution in [0.2, 0.25) is 5.22 Å². The molecule has 0 unspecified atom stereocenters. The summed E-state index contributed by atoms with van der Waals surface area (Å²) in [4.78, 5) is 22.4. The van der Waals surface area contributed by atoms with Gasteiger partial charge in [0.05, 0.1) is 11.3 Å². The summed E-state index contributed by atoms with van der Waals surface area (Å²) in [5.41, 5.74) is -0.0148. The lowest BCUT2D eigenvalue weighted by molar-refractivity contribution is 0.0696. The summed E-state index contributed by atoms with van der Waals surface area (Å²) in [6.45, 7) is 0. The predicted octanol–water partition coefficient (Wildman–Crippen LogP) is 2.59. The molecular weight excluding hydrogens is 274 g/mol. The van der Waals surface area contributed by atoms with Gasteiger partial charge in [-0.15, -0.1) is 0 Å². The lowest BCUT2D eigenvalue weighted by atomic mass is 10.2. The van der Waals surface area contributed by atoms with E-state index in [-0.39, 0.29) is 28.0 Å². The van der Waals surface area contributed by atoms with Gasteiger partial charge >= 0.3 is 5.97 Å². The SMILES string of the molecule is O=C(O)c1ccc(NC(=O)c2ccc(Cl)o2)c(O)c1. The minimum Gasteiger partial charge on any atom is -0.506 e. The fourth-order valence-electron chi connectivity index (χ4n) is 1.39. The van der Waals surface area contributed by atoms with Crippen molar-refractivity contribution in [3.8, 4) is 5.75 Å². The van der Waals surface area contributed by atoms with Crippen LogP contribution in [0, 0.1) is 0 Å². The van der Waals surface area contributed by atoms with Gasteiger partial charge in [0.2, 0.25) is 0 Å². The standard InChI is InChI=1S/C12H8ClNO5/c13-10-4-3-9(19-10)11(16)14-7-2-1-6(12(17)18)5-8(7)15/h1-5,15H,(H,14,16)(H,17,18). The Morgan fingerprint density at radius 3 is 2.47 bits per heavy atom. The van der Waals surface area contributed by atoms with Crippen molar-refractivity contribution in [2.75, 3.05) is 5.32 Å². The van der Waals surface area contributed by atoms with Crippen LogP contribution < -0.4 is 5.32 Å². The second-order valence-electron chi connectivity index (χ2n) is 3.59. The highest BCUT2D eigenvalue weighted by Gasteiger charge is 2.14. The number of halogens is 1. The van der Waals surface area contributed by atoms with Crippen LogP contribution in [-0.4, -0.2) is 22.1 Å². The molecule has 19 heavy (non-hydrogen) atoms. The molecule has 1 amide bonds. The maximum atomic E-state index is 11.7. The maximum Gasteiger partial charge on any atom is 0.335 e. The Morgan fingerprint density at radius 1 is 1.21 bits per heavy atom. The van der Waals surface area contributed by atoms with Gasteiger partial charge in [-0.2, -0.15) is 0 Å². The van der Waals surface area contributed by atoms with E-state index in [2.05, 4.69) is 5.32 Å². The van der Waals surface area contributed by atoms with Crippen molar-refractivity contribution in [1.29, 1.82) is 0 Å². The van der Waals surface area contributed by atoms with Gasteiger partial charge in [0, 0.05) is 0 Å². The Balaban J connectivity index is 2.20. The first-order valence-electron chi connectivity index (χ1n) is 5.10. The zero-order valence-electron chi connectivity index (χ0n) is 9.38. The molecule has 0 bridgehead atoms. The van der Waals surface area contributed by atoms with Crippen molar-refractivity contribution in [2.45, 2.75) is 0 Å². The molecule has 1 aromatic carbocycles. The fraction of sp³-hybridized carbons (Fsp3) is 0. The number of hydrogen-bond donors (Lipinski definition) is 3. The molecule has 2 rings (SSSR count). The number of amides is 1. The lowest BCUT2D eigenvalue weighted by Gasteiger charge is -2.06. The number of furan rings is 1. The Kier molecular flexibility index (Phi) is 3.43. The number of aromatic hydroxyl groups is 1. The van der Waals surface area contributed by atoms with Crippen LogP contribution in [0.1, 0.15) is 20.9 Å². The largest absolute Gasteiger partial charge is 0.506 e. The third-order valence-corrected chi connectivity index (χ3v) is 2.49. The highest BCUT2D eigenvalue weighted by molar-refractivity contribution is 6.29. The zero-order valence-corrected chi connectivity index (χ0v) is 10.1. The zero-order chi connectivity index (χ0) is 14.0. The van der Waals surface area contributed by atoms with Gasteiger partial charge in [-0.3, -0.25) is 4.79 Å². The number of nitrogens with one attached hydrogen (secondary N) is 1. The van der Waals surface area contributed by atoms with Crippen molar-refractivity contribution in [1.82, 2.24) is 0 Å². The number of carboxylic acids is 1. The Hall–Kier alpha value is -2.47. The number of hydrogen-bond acceptors (Lipinski definition) is 4. The van der Waals surface area contributed by atoms with E-state index >= 15 is 0 Å². The minimum atomic E-state index is -1.18. The van der Waals surface area contributed by atoms with Gasteiger partial charge in [-0.05, 0) is 41.9 Å². The van der Waals surface area contributed by atoms with Gasteiger partial charge in [-0.1, -0.05) is 0 Å². The molecule has 0 radical (unpaired) electrons. The van der Waals surface area contributed by atoms with Gasteiger partial charge in [0.25, 0.3) is 5.91 Å². The van der Waals surface area contributed by atoms with E-state index < -0.39 is 11.9 Å². The molecule has 0 aliphatic rings. The summed E-state index contributed by atoms with van der Waals surface area (Å²) in [5.74, 6) is -2.16. The van der Waals surface area contributed by atoms with E-state index in [1.807, 2.05) is 0 Å². The van der Waals surface area contributed by atoms with Gasteiger partial charge in [-0.25, -0.2) is 4.79 Å². The highest BCUT2D eigenvalue weighted by Crippen LogP contribution is 2.25. The van der Waals surface area contributed by atoms with Gasteiger partial charge < -0.3 is 19.9 Å². The van der Waals surface area contributed by atoms with E-state index in [4.69, 9.17) is 21.1 Å². The summed E-state index contributed by atoms with van der Waals surface area (Å²) in [7, 11) is 0. The monoisotopic (exact) mass is 281 g/mol. The molecule has 0 saturated carbocycles. The van der Waals surface area contributed by atoms with Crippen LogP contribution in [-0.2, 0) is 0 Å². The van der Waals surface area contributed by atoms with Gasteiger partial charge in [0.1, 0.15) is 5.75 Å². The smallest absolute Gasteiger partial charge is 0.335 e. The van der Waals surface area contributed by atoms with Gasteiger partial charge in [0.15, 0.2) is 11.0 Å². The first-order chi connectivity index (χ1) is 8.97. The topological polar surface area (TPSA) is 99.8 Å². The van der Waals surface area contributed by atoms with Crippen molar-refractivity contribution in [2.24, 2.45) is 0 Å². The number of rotatable bonds is 3. The normalized spacial score (nSPS) is 10.2. The average molecular weight is 282 g/mol. The van der Waals surface area contributed by atoms with E-state index in [0.717, 1.165) is 6.07 Å². The van der Waals surface area contributed by atoms with E-state index in [0.29, 0.717) is 0 Å². The molecule has 3 N–H and O–H groups in total. The summed E-state index contributed by atoms with van der Waals surface area (Å²) >= 11 is 5.53. The molecule has 1 aromatic heterocycles. The Bertz CT molecular complexity index is 649. The summed E-state index contributed by atoms with van der Waals surface area (Å²) < 4.78 is 4.90. The third-order valence-electron chi connectivity index (χ3n) is 2.29. The molecule has 0 saturated heterocycles. The Labute approximate surface area is 112 Å².